The van der Waals surface area contributed by atoms with E-state index < -0.39 is 11.9 Å². The standard InChI is InChI=1S/C10H12N2O4/c1-2-16-10(15)7-3-8(5-11-4-7)12-6-9(13)14/h3-5,12H,2,6H2,1H3,(H,13,14). The molecule has 6 nitrogen and oxygen atoms in total. The van der Waals surface area contributed by atoms with Crippen molar-refractivity contribution in [2.75, 3.05) is 18.5 Å². The summed E-state index contributed by atoms with van der Waals surface area (Å²) in [6, 6.07) is 1.49. The Morgan fingerprint density at radius 3 is 2.88 bits per heavy atom. The van der Waals surface area contributed by atoms with E-state index in [1.165, 1.54) is 18.5 Å². The van der Waals surface area contributed by atoms with Crippen molar-refractivity contribution in [1.82, 2.24) is 4.98 Å². The maximum atomic E-state index is 11.3. The molecule has 0 aromatic carbocycles. The Labute approximate surface area is 92.3 Å². The van der Waals surface area contributed by atoms with E-state index in [1.54, 1.807) is 6.92 Å². The fraction of sp³-hybridized carbons (Fsp3) is 0.300. The van der Waals surface area contributed by atoms with E-state index >= 15 is 0 Å². The zero-order valence-corrected chi connectivity index (χ0v) is 8.77. The first-order valence-electron chi connectivity index (χ1n) is 4.71. The first kappa shape index (κ1) is 12.0. The van der Waals surface area contributed by atoms with Crippen molar-refractivity contribution in [2.24, 2.45) is 0 Å². The summed E-state index contributed by atoms with van der Waals surface area (Å²) in [5.41, 5.74) is 0.755. The molecule has 0 atom stereocenters. The van der Waals surface area contributed by atoms with Crippen LogP contribution in [-0.2, 0) is 9.53 Å². The molecule has 86 valence electrons. The molecule has 1 heterocycles. The van der Waals surface area contributed by atoms with Crippen LogP contribution in [0.3, 0.4) is 0 Å². The Kier molecular flexibility index (Phi) is 4.26. The Hall–Kier alpha value is -2.11. The zero-order chi connectivity index (χ0) is 12.0. The van der Waals surface area contributed by atoms with Crippen LogP contribution in [0.2, 0.25) is 0 Å². The van der Waals surface area contributed by atoms with E-state index in [0.717, 1.165) is 0 Å². The maximum Gasteiger partial charge on any atom is 0.339 e. The van der Waals surface area contributed by atoms with Crippen molar-refractivity contribution in [2.45, 2.75) is 6.92 Å². The summed E-state index contributed by atoms with van der Waals surface area (Å²) >= 11 is 0. The Bertz CT molecular complexity index is 392. The molecule has 0 bridgehead atoms. The van der Waals surface area contributed by atoms with Gasteiger partial charge >= 0.3 is 11.9 Å². The summed E-state index contributed by atoms with van der Waals surface area (Å²) in [7, 11) is 0. The van der Waals surface area contributed by atoms with Crippen LogP contribution in [-0.4, -0.2) is 35.2 Å². The van der Waals surface area contributed by atoms with Gasteiger partial charge in [0.05, 0.1) is 17.9 Å². The molecule has 1 aromatic heterocycles. The van der Waals surface area contributed by atoms with E-state index in [0.29, 0.717) is 5.69 Å². The average molecular weight is 224 g/mol. The minimum Gasteiger partial charge on any atom is -0.480 e. The van der Waals surface area contributed by atoms with Gasteiger partial charge in [-0.15, -0.1) is 0 Å². The first-order valence-corrected chi connectivity index (χ1v) is 4.71. The van der Waals surface area contributed by atoms with Crippen LogP contribution in [0.1, 0.15) is 17.3 Å². The second-order valence-corrected chi connectivity index (χ2v) is 2.93. The topological polar surface area (TPSA) is 88.5 Å². The largest absolute Gasteiger partial charge is 0.480 e. The number of esters is 1. The number of aromatic nitrogens is 1. The average Bonchev–Trinajstić information content (AvgIpc) is 2.27. The summed E-state index contributed by atoms with van der Waals surface area (Å²) in [4.78, 5) is 25.5. The lowest BCUT2D eigenvalue weighted by molar-refractivity contribution is -0.134. The summed E-state index contributed by atoms with van der Waals surface area (Å²) in [5, 5.41) is 11.1. The van der Waals surface area contributed by atoms with Crippen molar-refractivity contribution in [3.8, 4) is 0 Å². The van der Waals surface area contributed by atoms with Gasteiger partial charge in [0.25, 0.3) is 0 Å². The van der Waals surface area contributed by atoms with Gasteiger partial charge in [-0.05, 0) is 13.0 Å². The summed E-state index contributed by atoms with van der Waals surface area (Å²) in [6.07, 6.45) is 2.80. The molecule has 0 unspecified atom stereocenters. The Balaban J connectivity index is 2.70. The number of carbonyl (C=O) groups is 2. The minimum absolute atomic E-state index is 0.228. The molecular formula is C10H12N2O4. The summed E-state index contributed by atoms with van der Waals surface area (Å²) < 4.78 is 4.79. The lowest BCUT2D eigenvalue weighted by atomic mass is 10.2. The van der Waals surface area contributed by atoms with Gasteiger partial charge in [-0.3, -0.25) is 9.78 Å². The van der Waals surface area contributed by atoms with E-state index in [1.807, 2.05) is 0 Å². The van der Waals surface area contributed by atoms with Crippen molar-refractivity contribution >= 4 is 17.6 Å². The molecule has 0 saturated carbocycles. The van der Waals surface area contributed by atoms with Crippen LogP contribution >= 0.6 is 0 Å². The van der Waals surface area contributed by atoms with Gasteiger partial charge < -0.3 is 15.2 Å². The number of ether oxygens (including phenoxy) is 1. The van der Waals surface area contributed by atoms with Crippen molar-refractivity contribution in [1.29, 1.82) is 0 Å². The van der Waals surface area contributed by atoms with Crippen LogP contribution in [0.4, 0.5) is 5.69 Å². The number of nitrogens with one attached hydrogen (secondary N) is 1. The van der Waals surface area contributed by atoms with Crippen molar-refractivity contribution < 1.29 is 19.4 Å². The van der Waals surface area contributed by atoms with E-state index in [9.17, 15) is 9.59 Å². The van der Waals surface area contributed by atoms with E-state index in [4.69, 9.17) is 9.84 Å². The van der Waals surface area contributed by atoms with Crippen LogP contribution in [0, 0.1) is 0 Å². The molecule has 0 amide bonds. The molecule has 2 N–H and O–H groups in total. The van der Waals surface area contributed by atoms with Crippen molar-refractivity contribution in [3.05, 3.63) is 24.0 Å². The highest BCUT2D eigenvalue weighted by atomic mass is 16.5. The lowest BCUT2D eigenvalue weighted by Gasteiger charge is -2.05. The SMILES string of the molecule is CCOC(=O)c1cncc(NCC(=O)O)c1. The number of rotatable bonds is 5. The molecule has 0 radical (unpaired) electrons. The van der Waals surface area contributed by atoms with E-state index in [2.05, 4.69) is 10.3 Å². The molecule has 0 fully saturated rings. The highest BCUT2D eigenvalue weighted by Crippen LogP contribution is 2.09. The Morgan fingerprint density at radius 2 is 2.25 bits per heavy atom. The van der Waals surface area contributed by atoms with Gasteiger partial charge in [0.2, 0.25) is 0 Å². The molecule has 1 aromatic rings. The number of carboxylic acid groups (broad SMARTS) is 1. The van der Waals surface area contributed by atoms with Crippen LogP contribution in [0.15, 0.2) is 18.5 Å². The number of nitrogens with zero attached hydrogens (tertiary/aromatic N) is 1. The molecule has 0 spiro atoms. The number of anilines is 1. The van der Waals surface area contributed by atoms with Gasteiger partial charge in [-0.2, -0.15) is 0 Å². The predicted molar refractivity (Wildman–Crippen MR) is 56.3 cm³/mol. The third-order valence-corrected chi connectivity index (χ3v) is 1.69. The molecule has 1 rings (SSSR count). The number of hydrogen-bond donors (Lipinski definition) is 2. The number of aliphatic carboxylic acids is 1. The summed E-state index contributed by atoms with van der Waals surface area (Å²) in [5.74, 6) is -1.46. The maximum absolute atomic E-state index is 11.3. The third-order valence-electron chi connectivity index (χ3n) is 1.69. The normalized spacial score (nSPS) is 9.56. The molecule has 0 aliphatic carbocycles. The highest BCUT2D eigenvalue weighted by Gasteiger charge is 2.07. The molecule has 0 aliphatic rings. The molecule has 0 aliphatic heterocycles. The lowest BCUT2D eigenvalue weighted by Crippen LogP contribution is -2.13. The number of carboxylic acids is 1. The fourth-order valence-electron chi connectivity index (χ4n) is 1.04. The number of hydrogen-bond acceptors (Lipinski definition) is 5. The molecule has 6 heteroatoms. The van der Waals surface area contributed by atoms with Gasteiger partial charge in [0.15, 0.2) is 0 Å². The van der Waals surface area contributed by atoms with Crippen LogP contribution in [0.5, 0.6) is 0 Å². The second kappa shape index (κ2) is 5.69. The van der Waals surface area contributed by atoms with Gasteiger partial charge in [-0.25, -0.2) is 4.79 Å². The van der Waals surface area contributed by atoms with Gasteiger partial charge in [-0.1, -0.05) is 0 Å². The first-order chi connectivity index (χ1) is 7.63. The number of carbonyl (C=O) groups excluding carboxylic acids is 1. The Morgan fingerprint density at radius 1 is 1.50 bits per heavy atom. The van der Waals surface area contributed by atoms with Gasteiger partial charge in [0.1, 0.15) is 6.54 Å². The highest BCUT2D eigenvalue weighted by molar-refractivity contribution is 5.90. The molecule has 16 heavy (non-hydrogen) atoms. The predicted octanol–water partition coefficient (Wildman–Crippen LogP) is 0.755. The zero-order valence-electron chi connectivity index (χ0n) is 8.77. The van der Waals surface area contributed by atoms with Crippen molar-refractivity contribution in [3.63, 3.8) is 0 Å². The van der Waals surface area contributed by atoms with Crippen LogP contribution in [0.25, 0.3) is 0 Å². The monoisotopic (exact) mass is 224 g/mol. The number of pyridine rings is 1. The van der Waals surface area contributed by atoms with Crippen LogP contribution < -0.4 is 5.32 Å². The quantitative estimate of drug-likeness (QED) is 0.717. The molecule has 0 saturated heterocycles. The summed E-state index contributed by atoms with van der Waals surface area (Å²) in [6.45, 7) is 1.76. The third kappa shape index (κ3) is 3.56. The minimum atomic E-state index is -0.985. The van der Waals surface area contributed by atoms with E-state index in [-0.39, 0.29) is 18.7 Å². The molecular weight excluding hydrogens is 212 g/mol. The fourth-order valence-corrected chi connectivity index (χ4v) is 1.04. The second-order valence-electron chi connectivity index (χ2n) is 2.93. The smallest absolute Gasteiger partial charge is 0.339 e. The van der Waals surface area contributed by atoms with Gasteiger partial charge in [0, 0.05) is 12.4 Å².